The van der Waals surface area contributed by atoms with Crippen LogP contribution in [0.4, 0.5) is 5.69 Å². The molecule has 12 nitrogen and oxygen atoms in total. The number of amides is 2. The summed E-state index contributed by atoms with van der Waals surface area (Å²) in [6.45, 7) is 0.215. The highest BCUT2D eigenvalue weighted by Crippen LogP contribution is 2.53. The van der Waals surface area contributed by atoms with E-state index in [1.165, 1.54) is 11.0 Å². The molecule has 0 fully saturated rings. The lowest BCUT2D eigenvalue weighted by atomic mass is 9.58. The number of carbonyl (C=O) groups is 4. The van der Waals surface area contributed by atoms with Gasteiger partial charge in [0.1, 0.15) is 22.8 Å². The first-order valence-corrected chi connectivity index (χ1v) is 13.7. The number of nitrogens with zero attached hydrogens (tertiary/aromatic N) is 2. The van der Waals surface area contributed by atoms with Crippen LogP contribution in [0.5, 0.6) is 5.75 Å². The van der Waals surface area contributed by atoms with E-state index < -0.39 is 58.0 Å². The van der Waals surface area contributed by atoms with Gasteiger partial charge in [0.05, 0.1) is 18.2 Å². The van der Waals surface area contributed by atoms with Gasteiger partial charge in [0.2, 0.25) is 11.7 Å². The largest absolute Gasteiger partial charge is 0.510 e. The average Bonchev–Trinajstić information content (AvgIpc) is 2.90. The molecule has 0 saturated heterocycles. The zero-order valence-corrected chi connectivity index (χ0v) is 24.2. The zero-order chi connectivity index (χ0) is 31.5. The van der Waals surface area contributed by atoms with E-state index in [1.807, 2.05) is 0 Å². The average molecular weight is 591 g/mol. The molecule has 7 N–H and O–H groups in total. The van der Waals surface area contributed by atoms with E-state index in [-0.39, 0.29) is 42.2 Å². The number of allylic oxidation sites excluding steroid dienone is 1. The molecule has 0 radical (unpaired) electrons. The van der Waals surface area contributed by atoms with E-state index in [2.05, 4.69) is 5.32 Å². The molecular formula is C31H34N4O8. The number of aliphatic hydroxyl groups excluding tert-OH is 2. The van der Waals surface area contributed by atoms with Crippen LogP contribution in [0, 0.1) is 11.8 Å². The number of likely N-dealkylation sites (N-methyl/N-ethyl adjacent to an activating group) is 2. The quantitative estimate of drug-likeness (QED) is 0.267. The Bertz CT molecular complexity index is 1620. The summed E-state index contributed by atoms with van der Waals surface area (Å²) >= 11 is 0. The van der Waals surface area contributed by atoms with Gasteiger partial charge in [0, 0.05) is 17.2 Å². The van der Waals surface area contributed by atoms with Crippen molar-refractivity contribution in [2.45, 2.75) is 24.5 Å². The molecule has 226 valence electrons. The van der Waals surface area contributed by atoms with E-state index >= 15 is 0 Å². The first kappa shape index (κ1) is 30.0. The lowest BCUT2D eigenvalue weighted by Crippen LogP contribution is -2.63. The van der Waals surface area contributed by atoms with E-state index in [0.29, 0.717) is 22.4 Å². The maximum atomic E-state index is 13.9. The second-order valence-corrected chi connectivity index (χ2v) is 11.8. The fraction of sp³-hybridized carbons (Fsp3) is 0.355. The van der Waals surface area contributed by atoms with Crippen molar-refractivity contribution in [1.82, 2.24) is 9.80 Å². The van der Waals surface area contributed by atoms with Gasteiger partial charge in [-0.3, -0.25) is 24.1 Å². The number of phenols is 1. The molecule has 0 aromatic heterocycles. The highest BCUT2D eigenvalue weighted by Gasteiger charge is 2.63. The van der Waals surface area contributed by atoms with Crippen LogP contribution in [-0.4, -0.2) is 100.0 Å². The first-order valence-electron chi connectivity index (χ1n) is 13.7. The smallest absolute Gasteiger partial charge is 0.255 e. The van der Waals surface area contributed by atoms with Crippen molar-refractivity contribution in [1.29, 1.82) is 0 Å². The van der Waals surface area contributed by atoms with Gasteiger partial charge in [0.25, 0.3) is 5.91 Å². The van der Waals surface area contributed by atoms with Gasteiger partial charge in [-0.2, -0.15) is 0 Å². The third-order valence-corrected chi connectivity index (χ3v) is 8.55. The first-order chi connectivity index (χ1) is 20.2. The number of Topliss-reactive ketones (excluding diaryl/α,β-unsaturated/α-hetero) is 2. The summed E-state index contributed by atoms with van der Waals surface area (Å²) in [5, 5.41) is 47.7. The van der Waals surface area contributed by atoms with Crippen LogP contribution < -0.4 is 11.1 Å². The fourth-order valence-corrected chi connectivity index (χ4v) is 6.74. The number of phenolic OH excluding ortho intramolecular Hbond substituents is 1. The minimum Gasteiger partial charge on any atom is -0.510 e. The van der Waals surface area contributed by atoms with Crippen LogP contribution in [-0.2, 0) is 20.8 Å². The summed E-state index contributed by atoms with van der Waals surface area (Å²) in [5.41, 5.74) is 4.01. The lowest BCUT2D eigenvalue weighted by Gasteiger charge is -2.50. The molecule has 5 rings (SSSR count). The third kappa shape index (κ3) is 4.67. The normalized spacial score (nSPS) is 25.0. The number of nitrogens with one attached hydrogen (secondary N) is 1. The second kappa shape index (κ2) is 10.6. The fourth-order valence-electron chi connectivity index (χ4n) is 6.74. The molecule has 12 heteroatoms. The van der Waals surface area contributed by atoms with E-state index in [0.717, 1.165) is 0 Å². The molecule has 2 amide bonds. The Morgan fingerprint density at radius 3 is 2.26 bits per heavy atom. The molecule has 2 aromatic rings. The number of hydrogen-bond donors (Lipinski definition) is 6. The highest BCUT2D eigenvalue weighted by atomic mass is 16.3. The van der Waals surface area contributed by atoms with Crippen LogP contribution in [0.3, 0.4) is 0 Å². The number of anilines is 1. The Morgan fingerprint density at radius 1 is 1.02 bits per heavy atom. The number of fused-ring (bicyclic) bond motifs is 3. The summed E-state index contributed by atoms with van der Waals surface area (Å²) in [4.78, 5) is 54.9. The monoisotopic (exact) mass is 590 g/mol. The molecule has 3 aliphatic carbocycles. The number of benzene rings is 2. The zero-order valence-electron chi connectivity index (χ0n) is 24.2. The SMILES string of the molecule is CN(C)CC(=O)Nc1ccc(-c2ccc(O)c3c2C[C@H]2C[C@H]4[C@H](N(C)C)C(O)=C(C(N)=O)C(=O)[C@@]4(O)C(O)=C2C3=O)cc1. The van der Waals surface area contributed by atoms with Gasteiger partial charge in [-0.1, -0.05) is 18.2 Å². The number of rotatable bonds is 6. The van der Waals surface area contributed by atoms with Crippen LogP contribution in [0.15, 0.2) is 59.1 Å². The minimum absolute atomic E-state index is 0.00228. The maximum Gasteiger partial charge on any atom is 0.255 e. The Kier molecular flexibility index (Phi) is 7.41. The summed E-state index contributed by atoms with van der Waals surface area (Å²) in [7, 11) is 6.73. The van der Waals surface area contributed by atoms with E-state index in [4.69, 9.17) is 5.73 Å². The topological polar surface area (TPSA) is 194 Å². The van der Waals surface area contributed by atoms with Gasteiger partial charge >= 0.3 is 0 Å². The summed E-state index contributed by atoms with van der Waals surface area (Å²) in [6, 6.07) is 8.98. The van der Waals surface area contributed by atoms with E-state index in [9.17, 15) is 39.6 Å². The molecule has 2 aromatic carbocycles. The lowest BCUT2D eigenvalue weighted by molar-refractivity contribution is -0.148. The van der Waals surface area contributed by atoms with E-state index in [1.54, 1.807) is 63.4 Å². The summed E-state index contributed by atoms with van der Waals surface area (Å²) < 4.78 is 0. The van der Waals surface area contributed by atoms with Crippen molar-refractivity contribution in [3.05, 3.63) is 70.2 Å². The van der Waals surface area contributed by atoms with Crippen LogP contribution in [0.1, 0.15) is 22.3 Å². The number of primary amides is 1. The maximum absolute atomic E-state index is 13.9. The van der Waals surface area contributed by atoms with Crippen molar-refractivity contribution in [2.75, 3.05) is 40.1 Å². The molecule has 0 aliphatic heterocycles. The number of ketones is 2. The molecule has 0 spiro atoms. The molecular weight excluding hydrogens is 556 g/mol. The van der Waals surface area contributed by atoms with Crippen molar-refractivity contribution < 1.29 is 39.6 Å². The number of hydrogen-bond acceptors (Lipinski definition) is 10. The predicted octanol–water partition coefficient (Wildman–Crippen LogP) is 1.29. The molecule has 0 heterocycles. The number of carbonyl (C=O) groups excluding carboxylic acids is 4. The van der Waals surface area contributed by atoms with Gasteiger partial charge in [-0.05, 0) is 81.8 Å². The number of nitrogens with two attached hydrogens (primary N) is 1. The van der Waals surface area contributed by atoms with Crippen molar-refractivity contribution in [3.8, 4) is 16.9 Å². The van der Waals surface area contributed by atoms with Gasteiger partial charge in [-0.25, -0.2) is 0 Å². The summed E-state index contributed by atoms with van der Waals surface area (Å²) in [5.74, 6) is -7.13. The number of aromatic hydroxyl groups is 1. The predicted molar refractivity (Wildman–Crippen MR) is 156 cm³/mol. The van der Waals surface area contributed by atoms with Gasteiger partial charge < -0.3 is 36.4 Å². The Hall–Kier alpha value is -4.52. The summed E-state index contributed by atoms with van der Waals surface area (Å²) in [6.07, 6.45) is 0.164. The van der Waals surface area contributed by atoms with Crippen molar-refractivity contribution in [3.63, 3.8) is 0 Å². The van der Waals surface area contributed by atoms with Gasteiger partial charge in [0.15, 0.2) is 11.4 Å². The molecule has 0 unspecified atom stereocenters. The Labute approximate surface area is 247 Å². The van der Waals surface area contributed by atoms with Crippen molar-refractivity contribution in [2.24, 2.45) is 17.6 Å². The second-order valence-electron chi connectivity index (χ2n) is 11.8. The van der Waals surface area contributed by atoms with Crippen LogP contribution in [0.25, 0.3) is 11.1 Å². The minimum atomic E-state index is -2.69. The molecule has 0 bridgehead atoms. The van der Waals surface area contributed by atoms with Gasteiger partial charge in [-0.15, -0.1) is 0 Å². The molecule has 0 saturated carbocycles. The Morgan fingerprint density at radius 2 is 1.67 bits per heavy atom. The Balaban J connectivity index is 1.59. The molecule has 4 atom stereocenters. The van der Waals surface area contributed by atoms with Crippen molar-refractivity contribution >= 4 is 29.1 Å². The highest BCUT2D eigenvalue weighted by molar-refractivity contribution is 6.25. The standard InChI is InChI=1S/C31H34N4O8/c1-34(2)13-21(37)33-16-7-5-14(6-8-16)17-9-10-20(36)23-18(17)11-15-12-19-25(35(3)4)27(39)24(30(32)42)29(41)31(19,43)28(40)22(15)26(23)38/h5-10,15,19,25,36,39-40,43H,11-13H2,1-4H3,(H2,32,42)(H,33,37)/t15-,19-,25-,31-/m0/s1. The van der Waals surface area contributed by atoms with Crippen LogP contribution in [0.2, 0.25) is 0 Å². The molecule has 3 aliphatic rings. The number of aliphatic hydroxyl groups is 3. The van der Waals surface area contributed by atoms with Crippen LogP contribution >= 0.6 is 0 Å². The third-order valence-electron chi connectivity index (χ3n) is 8.55. The molecule has 43 heavy (non-hydrogen) atoms.